The number of aliphatic hydroxyl groups excluding tert-OH is 3. The van der Waals surface area contributed by atoms with Gasteiger partial charge in [-0.1, -0.05) is 59.6 Å². The summed E-state index contributed by atoms with van der Waals surface area (Å²) in [6.07, 6.45) is 3.72. The first kappa shape index (κ1) is 35.6. The lowest BCUT2D eigenvalue weighted by Crippen LogP contribution is -2.47. The SMILES string of the molecule is [2H]C([2H])([2H])C(CN1CCC2(CC1)N=c1c(c3c4c5c(C)c(O)c3c(O)c1=NC(=O)/C(C)=C/C=C/[C@H](C)[C@H](O)[C@@H](C)[C@@H](O)[C@@H](C)[C@H](O)[C@H](C)[C@@H](OC)/C=C/O[C@@](C)(O5)C4=O)N2)C([2H])([2H])[2H]. The monoisotopic (exact) mass is 810 g/mol. The van der Waals surface area contributed by atoms with E-state index in [4.69, 9.17) is 27.4 Å². The summed E-state index contributed by atoms with van der Waals surface area (Å²) in [5.74, 6) is -8.78. The Morgan fingerprint density at radius 1 is 0.966 bits per heavy atom. The summed E-state index contributed by atoms with van der Waals surface area (Å²) in [4.78, 5) is 39.6. The molecule has 2 aromatic carbocycles. The molecule has 5 bridgehead atoms. The van der Waals surface area contributed by atoms with E-state index in [-0.39, 0.29) is 82.1 Å². The second-order valence-corrected chi connectivity index (χ2v) is 16.6. The van der Waals surface area contributed by atoms with Crippen LogP contribution in [0.15, 0.2) is 46.1 Å². The van der Waals surface area contributed by atoms with E-state index in [9.17, 15) is 35.1 Å². The second kappa shape index (κ2) is 16.4. The van der Waals surface area contributed by atoms with Crippen molar-refractivity contribution in [2.75, 3.05) is 32.1 Å². The van der Waals surface area contributed by atoms with E-state index in [0.29, 0.717) is 0 Å². The number of phenols is 2. The number of ketones is 1. The van der Waals surface area contributed by atoms with E-state index in [0.717, 1.165) is 0 Å². The molecule has 0 unspecified atom stereocenters. The van der Waals surface area contributed by atoms with E-state index in [1.807, 2.05) is 0 Å². The first-order valence-electron chi connectivity index (χ1n) is 22.8. The van der Waals surface area contributed by atoms with Gasteiger partial charge in [0.2, 0.25) is 0 Å². The molecule has 0 saturated carbocycles. The summed E-state index contributed by atoms with van der Waals surface area (Å²) >= 11 is 0. The van der Waals surface area contributed by atoms with Crippen LogP contribution in [0.3, 0.4) is 0 Å². The Morgan fingerprint density at radius 3 is 2.28 bits per heavy atom. The predicted octanol–water partition coefficient (Wildman–Crippen LogP) is 4.18. The minimum atomic E-state index is -2.74. The highest BCUT2D eigenvalue weighted by atomic mass is 16.7. The van der Waals surface area contributed by atoms with Crippen molar-refractivity contribution >= 4 is 28.2 Å². The fourth-order valence-corrected chi connectivity index (χ4v) is 8.59. The Hall–Kier alpha value is -4.34. The number of amides is 1. The number of aromatic hydroxyl groups is 2. The van der Waals surface area contributed by atoms with Crippen LogP contribution in [-0.2, 0) is 14.3 Å². The van der Waals surface area contributed by atoms with Crippen molar-refractivity contribution in [3.63, 3.8) is 0 Å². The number of nitrogens with one attached hydrogen (secondary N) is 1. The molecule has 5 aliphatic rings. The molecule has 0 aliphatic carbocycles. The van der Waals surface area contributed by atoms with Gasteiger partial charge in [0, 0.05) is 94.9 Å². The van der Waals surface area contributed by atoms with E-state index in [1.54, 1.807) is 44.7 Å². The molecule has 1 amide bonds. The van der Waals surface area contributed by atoms with Gasteiger partial charge < -0.3 is 50.0 Å². The summed E-state index contributed by atoms with van der Waals surface area (Å²) in [6.45, 7) is 5.90. The van der Waals surface area contributed by atoms with Crippen molar-refractivity contribution in [3.05, 3.63) is 58.0 Å². The van der Waals surface area contributed by atoms with Gasteiger partial charge in [0.15, 0.2) is 5.75 Å². The minimum Gasteiger partial charge on any atom is -0.507 e. The largest absolute Gasteiger partial charge is 0.507 e. The Balaban J connectivity index is 1.52. The van der Waals surface area contributed by atoms with Crippen LogP contribution in [0.5, 0.6) is 17.2 Å². The first-order valence-corrected chi connectivity index (χ1v) is 19.8. The lowest BCUT2D eigenvalue weighted by molar-refractivity contribution is -0.114. The second-order valence-electron chi connectivity index (χ2n) is 16.6. The van der Waals surface area contributed by atoms with Crippen LogP contribution in [0.2, 0.25) is 0 Å². The molecule has 0 aromatic heterocycles. The van der Waals surface area contributed by atoms with Crippen LogP contribution < -0.4 is 20.8 Å². The van der Waals surface area contributed by atoms with Gasteiger partial charge in [-0.05, 0) is 25.8 Å². The average molecular weight is 811 g/mol. The van der Waals surface area contributed by atoms with Crippen LogP contribution in [0.4, 0.5) is 5.69 Å². The van der Waals surface area contributed by atoms with Crippen LogP contribution in [0.1, 0.15) is 92.2 Å². The van der Waals surface area contributed by atoms with E-state index in [1.165, 1.54) is 46.3 Å². The number of carbonyl (C=O) groups excluding carboxylic acids is 2. The molecule has 14 nitrogen and oxygen atoms in total. The zero-order valence-corrected chi connectivity index (χ0v) is 34.2. The zero-order chi connectivity index (χ0) is 47.6. The molecule has 1 spiro atoms. The average Bonchev–Trinajstić information content (AvgIpc) is 3.72. The third kappa shape index (κ3) is 7.65. The number of phenolic OH excluding ortho intramolecular Hbond substituents is 2. The molecule has 58 heavy (non-hydrogen) atoms. The van der Waals surface area contributed by atoms with E-state index in [2.05, 4.69) is 10.3 Å². The smallest absolute Gasteiger partial charge is 0.312 e. The number of allylic oxidation sites excluding steroid dienone is 2. The number of methoxy groups -OCH3 is 1. The molecular formula is C44H60N4O10. The topological polar surface area (TPSA) is 203 Å². The molecule has 7 rings (SSSR count). The molecular weight excluding hydrogens is 745 g/mol. The molecule has 2 aromatic rings. The highest BCUT2D eigenvalue weighted by molar-refractivity contribution is 6.21. The third-order valence-electron chi connectivity index (χ3n) is 12.5. The lowest BCUT2D eigenvalue weighted by Gasteiger charge is -2.38. The summed E-state index contributed by atoms with van der Waals surface area (Å²) in [6, 6.07) is 0. The molecule has 6 N–H and O–H groups in total. The molecule has 5 aliphatic heterocycles. The summed E-state index contributed by atoms with van der Waals surface area (Å²) in [5, 5.41) is 60.8. The van der Waals surface area contributed by atoms with Crippen LogP contribution in [0.25, 0.3) is 10.8 Å². The number of benzene rings is 2. The van der Waals surface area contributed by atoms with Crippen molar-refractivity contribution in [1.82, 2.24) is 4.90 Å². The number of Topliss-reactive ketones (excluding diaryl/α,β-unsaturated/α-hetero) is 1. The molecule has 0 radical (unpaired) electrons. The summed E-state index contributed by atoms with van der Waals surface area (Å²) < 4.78 is 65.3. The number of likely N-dealkylation sites (tertiary alicyclic amines) is 1. The van der Waals surface area contributed by atoms with Gasteiger partial charge in [-0.2, -0.15) is 0 Å². The van der Waals surface area contributed by atoms with Gasteiger partial charge in [0.1, 0.15) is 27.9 Å². The highest BCUT2D eigenvalue weighted by Crippen LogP contribution is 2.51. The van der Waals surface area contributed by atoms with Gasteiger partial charge in [-0.15, -0.1) is 0 Å². The van der Waals surface area contributed by atoms with Gasteiger partial charge in [-0.3, -0.25) is 14.6 Å². The highest BCUT2D eigenvalue weighted by Gasteiger charge is 2.50. The fourth-order valence-electron chi connectivity index (χ4n) is 8.59. The maximum Gasteiger partial charge on any atom is 0.312 e. The number of piperidine rings is 1. The molecule has 1 saturated heterocycles. The van der Waals surface area contributed by atoms with Gasteiger partial charge in [0.05, 0.1) is 47.3 Å². The number of nitrogens with zero attached hydrogens (tertiary/aromatic N) is 3. The standard InChI is InChI=1S/C44H60N4O10/c1-21(2)20-48-17-15-44(16-18-48)46-32-29-30-38(52)27(8)40-31(29)41(54)43(9,58-40)57-19-14-28(56-10)24(5)36(50)26(7)37(51)25(6)35(49)22(3)12-11-13-23(4)42(55)45-34(39(30)53)33(32)47-44/h11-14,19,21-22,24-26,28,35-37,46,49-53H,15-18,20H2,1-10H3/b12-11+,19-14+,23-13+,45-34?/t22-,24+,25+,26-,28-,35-,36+,37+,43-/m0/s1/i1D3,2D3. The fraction of sp³-hybridized carbons (Fsp3) is 0.591. The number of fused-ring (bicyclic) bond motifs is 13. The lowest BCUT2D eigenvalue weighted by atomic mass is 9.78. The van der Waals surface area contributed by atoms with Crippen LogP contribution in [0, 0.1) is 36.5 Å². The Labute approximate surface area is 348 Å². The van der Waals surface area contributed by atoms with Crippen molar-refractivity contribution in [2.24, 2.45) is 39.6 Å². The molecule has 316 valence electrons. The van der Waals surface area contributed by atoms with Crippen molar-refractivity contribution < 1.29 is 57.6 Å². The molecule has 9 atom stereocenters. The normalized spacial score (nSPS) is 35.8. The number of ether oxygens (including phenoxy) is 3. The van der Waals surface area contributed by atoms with E-state index >= 15 is 0 Å². The molecule has 1 fully saturated rings. The zero-order valence-electron chi connectivity index (χ0n) is 40.2. The van der Waals surface area contributed by atoms with Crippen molar-refractivity contribution in [3.8, 4) is 17.2 Å². The number of hydrogen-bond donors (Lipinski definition) is 6. The third-order valence-corrected chi connectivity index (χ3v) is 12.5. The number of hydrogen-bond acceptors (Lipinski definition) is 13. The maximum absolute atomic E-state index is 14.7. The first-order chi connectivity index (χ1) is 29.7. The number of aliphatic hydroxyl groups is 3. The minimum absolute atomic E-state index is 0.00845. The number of carbonyl (C=O) groups is 2. The van der Waals surface area contributed by atoms with Gasteiger partial charge in [0.25, 0.3) is 11.7 Å². The quantitative estimate of drug-likeness (QED) is 0.242. The summed E-state index contributed by atoms with van der Waals surface area (Å²) in [5.41, 5.74) is -0.860. The Kier molecular flexibility index (Phi) is 10.0. The van der Waals surface area contributed by atoms with Crippen LogP contribution >= 0.6 is 0 Å². The van der Waals surface area contributed by atoms with Crippen molar-refractivity contribution in [2.45, 2.75) is 111 Å². The molecule has 14 heteroatoms. The van der Waals surface area contributed by atoms with Crippen LogP contribution in [-0.4, -0.2) is 105 Å². The van der Waals surface area contributed by atoms with Crippen molar-refractivity contribution in [1.29, 1.82) is 0 Å². The number of rotatable bonds is 3. The van der Waals surface area contributed by atoms with Gasteiger partial charge in [-0.25, -0.2) is 4.99 Å². The molecule has 5 heterocycles. The van der Waals surface area contributed by atoms with E-state index < -0.39 is 102 Å². The Morgan fingerprint density at radius 2 is 1.62 bits per heavy atom. The number of anilines is 1. The maximum atomic E-state index is 14.7. The predicted molar refractivity (Wildman–Crippen MR) is 218 cm³/mol. The summed E-state index contributed by atoms with van der Waals surface area (Å²) in [7, 11) is 1.43. The Bertz CT molecular complexity index is 2380. The van der Waals surface area contributed by atoms with Gasteiger partial charge >= 0.3 is 5.79 Å².